The maximum absolute atomic E-state index is 13.0. The Morgan fingerprint density at radius 1 is 1.21 bits per heavy atom. The Labute approximate surface area is 167 Å². The van der Waals surface area contributed by atoms with Gasteiger partial charge in [0.1, 0.15) is 5.65 Å². The Morgan fingerprint density at radius 2 is 1.93 bits per heavy atom. The molecule has 0 saturated carbocycles. The summed E-state index contributed by atoms with van der Waals surface area (Å²) in [5.74, 6) is -1.06. The summed E-state index contributed by atoms with van der Waals surface area (Å²) in [4.78, 5) is 25.6. The zero-order valence-electron chi connectivity index (χ0n) is 16.6. The van der Waals surface area contributed by atoms with E-state index in [1.165, 1.54) is 4.90 Å². The lowest BCUT2D eigenvalue weighted by Gasteiger charge is -2.43. The second-order valence-corrected chi connectivity index (χ2v) is 8.22. The lowest BCUT2D eigenvalue weighted by molar-refractivity contribution is -0.170. The van der Waals surface area contributed by atoms with Crippen molar-refractivity contribution in [2.45, 2.75) is 32.0 Å². The van der Waals surface area contributed by atoms with Gasteiger partial charge in [-0.1, -0.05) is 6.92 Å². The summed E-state index contributed by atoms with van der Waals surface area (Å²) in [6.07, 6.45) is 0.170. The van der Waals surface area contributed by atoms with Crippen LogP contribution in [0.5, 0.6) is 0 Å². The van der Waals surface area contributed by atoms with Crippen molar-refractivity contribution in [1.29, 1.82) is 0 Å². The second kappa shape index (κ2) is 7.42. The molecule has 1 unspecified atom stereocenters. The summed E-state index contributed by atoms with van der Waals surface area (Å²) in [6.45, 7) is 3.17. The summed E-state index contributed by atoms with van der Waals surface area (Å²) in [5, 5.41) is 1.01. The van der Waals surface area contributed by atoms with Crippen molar-refractivity contribution in [3.8, 4) is 0 Å². The first-order valence-corrected chi connectivity index (χ1v) is 10.0. The molecule has 0 spiro atoms. The number of carbonyl (C=O) groups excluding carboxylic acids is 1. The fraction of sp³-hybridized carbons (Fsp3) is 0.600. The third kappa shape index (κ3) is 3.74. The van der Waals surface area contributed by atoms with Crippen LogP contribution in [-0.2, 0) is 0 Å². The average molecular weight is 409 g/mol. The molecule has 2 amide bonds. The number of pyridine rings is 1. The van der Waals surface area contributed by atoms with Gasteiger partial charge in [-0.15, -0.1) is 0 Å². The van der Waals surface area contributed by atoms with Gasteiger partial charge in [0.15, 0.2) is 0 Å². The van der Waals surface area contributed by atoms with Gasteiger partial charge < -0.3 is 19.7 Å². The molecule has 2 saturated heterocycles. The number of aromatic amines is 1. The molecule has 0 bridgehead atoms. The number of nitrogens with zero attached hydrogens (tertiary/aromatic N) is 4. The summed E-state index contributed by atoms with van der Waals surface area (Å²) >= 11 is 0. The lowest BCUT2D eigenvalue weighted by atomic mass is 9.92. The van der Waals surface area contributed by atoms with Crippen LogP contribution in [0.4, 0.5) is 23.7 Å². The van der Waals surface area contributed by atoms with Gasteiger partial charge in [-0.25, -0.2) is 9.78 Å². The van der Waals surface area contributed by atoms with E-state index in [0.29, 0.717) is 19.0 Å². The number of rotatable bonds is 2. The smallest absolute Gasteiger partial charge is 0.369 e. The lowest BCUT2D eigenvalue weighted by Crippen LogP contribution is -2.55. The average Bonchev–Trinajstić information content (AvgIpc) is 3.36. The number of likely N-dealkylation sites (N-methyl/N-ethyl adjacent to an activating group) is 1. The summed E-state index contributed by atoms with van der Waals surface area (Å²) in [7, 11) is 2.01. The molecule has 6 nitrogen and oxygen atoms in total. The minimum Gasteiger partial charge on any atom is -0.369 e. The van der Waals surface area contributed by atoms with Gasteiger partial charge in [-0.2, -0.15) is 13.2 Å². The predicted molar refractivity (Wildman–Crippen MR) is 105 cm³/mol. The van der Waals surface area contributed by atoms with Crippen LogP contribution in [0.3, 0.4) is 0 Å². The van der Waals surface area contributed by atoms with Crippen LogP contribution in [-0.4, -0.2) is 71.2 Å². The zero-order valence-corrected chi connectivity index (χ0v) is 16.6. The summed E-state index contributed by atoms with van der Waals surface area (Å²) in [6, 6.07) is 3.74. The minimum absolute atomic E-state index is 0.00863. The molecule has 2 fully saturated rings. The van der Waals surface area contributed by atoms with Gasteiger partial charge in [0, 0.05) is 62.7 Å². The monoisotopic (exact) mass is 409 g/mol. The fourth-order valence-electron chi connectivity index (χ4n) is 4.56. The van der Waals surface area contributed by atoms with E-state index in [-0.39, 0.29) is 31.6 Å². The highest BCUT2D eigenvalue weighted by atomic mass is 19.4. The molecular weight excluding hydrogens is 383 g/mol. The quantitative estimate of drug-likeness (QED) is 0.823. The van der Waals surface area contributed by atoms with Crippen LogP contribution in [0.15, 0.2) is 24.5 Å². The number of fused-ring (bicyclic) bond motifs is 1. The second-order valence-electron chi connectivity index (χ2n) is 8.22. The summed E-state index contributed by atoms with van der Waals surface area (Å²) in [5.41, 5.74) is 1.83. The van der Waals surface area contributed by atoms with Crippen LogP contribution in [0, 0.1) is 11.8 Å². The molecule has 1 N–H and O–H groups in total. The number of alkyl halides is 3. The Bertz CT molecular complexity index is 882. The van der Waals surface area contributed by atoms with Crippen molar-refractivity contribution >= 4 is 22.8 Å². The van der Waals surface area contributed by atoms with Crippen molar-refractivity contribution in [1.82, 2.24) is 19.8 Å². The number of urea groups is 1. The van der Waals surface area contributed by atoms with Crippen molar-refractivity contribution in [2.24, 2.45) is 11.8 Å². The molecule has 9 heteroatoms. The van der Waals surface area contributed by atoms with E-state index in [9.17, 15) is 18.0 Å². The third-order valence-corrected chi connectivity index (χ3v) is 6.43. The summed E-state index contributed by atoms with van der Waals surface area (Å²) < 4.78 is 38.9. The van der Waals surface area contributed by atoms with Crippen LogP contribution in [0.1, 0.15) is 19.8 Å². The highest BCUT2D eigenvalue weighted by Crippen LogP contribution is 2.35. The third-order valence-electron chi connectivity index (χ3n) is 6.43. The first-order chi connectivity index (χ1) is 13.8. The van der Waals surface area contributed by atoms with Gasteiger partial charge in [-0.3, -0.25) is 0 Å². The van der Waals surface area contributed by atoms with Gasteiger partial charge >= 0.3 is 12.2 Å². The molecule has 3 atom stereocenters. The number of anilines is 1. The maximum Gasteiger partial charge on any atom is 0.393 e. The first kappa shape index (κ1) is 19.8. The molecule has 2 aromatic heterocycles. The predicted octanol–water partition coefficient (Wildman–Crippen LogP) is 3.71. The molecule has 0 aliphatic carbocycles. The van der Waals surface area contributed by atoms with Gasteiger partial charge in [0.25, 0.3) is 0 Å². The van der Waals surface area contributed by atoms with E-state index in [1.54, 1.807) is 11.1 Å². The van der Waals surface area contributed by atoms with Gasteiger partial charge in [0.05, 0.1) is 5.92 Å². The number of carbonyl (C=O) groups is 1. The van der Waals surface area contributed by atoms with E-state index < -0.39 is 12.1 Å². The SMILES string of the molecule is C[C@@H]1CCN(C(=O)N2CCC(C(F)(F)F)C2)C[C@@H]1N(C)c1ccnc2[nH]ccc12. The number of halogens is 3. The molecule has 29 heavy (non-hydrogen) atoms. The highest BCUT2D eigenvalue weighted by molar-refractivity contribution is 5.89. The molecule has 2 aliphatic heterocycles. The molecule has 2 aliphatic rings. The molecule has 2 aromatic rings. The molecule has 4 rings (SSSR count). The number of H-pyrrole nitrogens is 1. The van der Waals surface area contributed by atoms with Crippen LogP contribution < -0.4 is 4.90 Å². The number of hydrogen-bond acceptors (Lipinski definition) is 3. The number of likely N-dealkylation sites (tertiary alicyclic amines) is 2. The Kier molecular flexibility index (Phi) is 5.08. The minimum atomic E-state index is -4.24. The number of aromatic nitrogens is 2. The molecule has 0 aromatic carbocycles. The number of piperidine rings is 1. The Morgan fingerprint density at radius 3 is 2.66 bits per heavy atom. The Hall–Kier alpha value is -2.45. The number of nitrogens with one attached hydrogen (secondary N) is 1. The van der Waals surface area contributed by atoms with E-state index in [0.717, 1.165) is 23.1 Å². The van der Waals surface area contributed by atoms with Gasteiger partial charge in [-0.05, 0) is 30.9 Å². The van der Waals surface area contributed by atoms with E-state index in [4.69, 9.17) is 0 Å². The zero-order chi connectivity index (χ0) is 20.8. The molecule has 158 valence electrons. The number of amides is 2. The van der Waals surface area contributed by atoms with E-state index >= 15 is 0 Å². The molecule has 0 radical (unpaired) electrons. The number of hydrogen-bond donors (Lipinski definition) is 1. The largest absolute Gasteiger partial charge is 0.393 e. The van der Waals surface area contributed by atoms with Crippen LogP contribution in [0.25, 0.3) is 11.0 Å². The van der Waals surface area contributed by atoms with Gasteiger partial charge in [0.2, 0.25) is 0 Å². The first-order valence-electron chi connectivity index (χ1n) is 10.0. The molecule has 4 heterocycles. The Balaban J connectivity index is 1.48. The van der Waals surface area contributed by atoms with Crippen molar-refractivity contribution in [3.05, 3.63) is 24.5 Å². The highest BCUT2D eigenvalue weighted by Gasteiger charge is 2.45. The molecular formula is C20H26F3N5O. The van der Waals surface area contributed by atoms with Crippen LogP contribution in [0.2, 0.25) is 0 Å². The van der Waals surface area contributed by atoms with Crippen molar-refractivity contribution < 1.29 is 18.0 Å². The standard InChI is InChI=1S/C20H26F3N5O/c1-13-5-9-28(19(29)27-10-6-14(11-27)20(21,22)23)12-17(13)26(2)16-4-8-25-18-15(16)3-7-24-18/h3-4,7-8,13-14,17H,5-6,9-12H2,1-2H3,(H,24,25)/t13-,14?,17+/m1/s1. The van der Waals surface area contributed by atoms with Crippen molar-refractivity contribution in [2.75, 3.05) is 38.1 Å². The van der Waals surface area contributed by atoms with Crippen molar-refractivity contribution in [3.63, 3.8) is 0 Å². The topological polar surface area (TPSA) is 55.5 Å². The van der Waals surface area contributed by atoms with E-state index in [2.05, 4.69) is 21.8 Å². The fourth-order valence-corrected chi connectivity index (χ4v) is 4.56. The van der Waals surface area contributed by atoms with Crippen LogP contribution >= 0.6 is 0 Å². The van der Waals surface area contributed by atoms with E-state index in [1.807, 2.05) is 25.4 Å². The maximum atomic E-state index is 13.0. The normalized spacial score (nSPS) is 25.6.